The lowest BCUT2D eigenvalue weighted by molar-refractivity contribution is 0.0964. The second kappa shape index (κ2) is 10.5. The van der Waals surface area contributed by atoms with Gasteiger partial charge in [0.1, 0.15) is 17.2 Å². The number of ether oxygens (including phenoxy) is 1. The molecule has 0 saturated carbocycles. The number of nitrogens with zero attached hydrogens (tertiary/aromatic N) is 4. The van der Waals surface area contributed by atoms with E-state index in [-0.39, 0.29) is 22.6 Å². The molecular formula is C30H25FN6O5S. The molecular weight excluding hydrogens is 575 g/mol. The second-order valence-electron chi connectivity index (χ2n) is 9.79. The van der Waals surface area contributed by atoms with E-state index in [1.165, 1.54) is 38.4 Å². The van der Waals surface area contributed by atoms with Crippen LogP contribution in [0.25, 0.3) is 55.8 Å². The number of rotatable bonds is 7. The summed E-state index contributed by atoms with van der Waals surface area (Å²) in [5.41, 5.74) is 4.78. The average molecular weight is 601 g/mol. The largest absolute Gasteiger partial charge is 0.481 e. The van der Waals surface area contributed by atoms with Gasteiger partial charge in [-0.3, -0.25) is 9.10 Å². The van der Waals surface area contributed by atoms with Gasteiger partial charge in [0.15, 0.2) is 0 Å². The number of methoxy groups -OCH3 is 1. The van der Waals surface area contributed by atoms with Crippen LogP contribution < -0.4 is 14.4 Å². The van der Waals surface area contributed by atoms with Gasteiger partial charge in [0.25, 0.3) is 5.91 Å². The Morgan fingerprint density at radius 3 is 2.53 bits per heavy atom. The van der Waals surface area contributed by atoms with Crippen LogP contribution in [0.3, 0.4) is 0 Å². The summed E-state index contributed by atoms with van der Waals surface area (Å²) in [6.45, 7) is 0. The normalized spacial score (nSPS) is 11.7. The van der Waals surface area contributed by atoms with Crippen LogP contribution in [0.2, 0.25) is 0 Å². The first-order valence-electron chi connectivity index (χ1n) is 13.0. The number of carbonyl (C=O) groups is 1. The number of anilines is 1. The third-order valence-electron chi connectivity index (χ3n) is 7.10. The third kappa shape index (κ3) is 5.03. The summed E-state index contributed by atoms with van der Waals surface area (Å²) in [7, 11) is 0.719. The highest BCUT2D eigenvalue weighted by Gasteiger charge is 2.26. The van der Waals surface area contributed by atoms with Crippen molar-refractivity contribution in [1.29, 1.82) is 0 Å². The predicted octanol–water partition coefficient (Wildman–Crippen LogP) is 5.00. The maximum atomic E-state index is 13.7. The highest BCUT2D eigenvalue weighted by Crippen LogP contribution is 2.41. The number of fused-ring (bicyclic) bond motifs is 2. The van der Waals surface area contributed by atoms with Crippen LogP contribution >= 0.6 is 0 Å². The fourth-order valence-corrected chi connectivity index (χ4v) is 5.34. The molecule has 4 heterocycles. The minimum atomic E-state index is -3.73. The number of benzene rings is 2. The van der Waals surface area contributed by atoms with E-state index < -0.39 is 21.7 Å². The molecule has 2 aromatic carbocycles. The summed E-state index contributed by atoms with van der Waals surface area (Å²) in [4.78, 5) is 20.9. The number of nitrogens with one attached hydrogen (secondary N) is 2. The second-order valence-corrected chi connectivity index (χ2v) is 11.8. The summed E-state index contributed by atoms with van der Waals surface area (Å²) in [6, 6.07) is 15.9. The van der Waals surface area contributed by atoms with Gasteiger partial charge < -0.3 is 19.5 Å². The Labute approximate surface area is 245 Å². The first-order chi connectivity index (χ1) is 20.6. The van der Waals surface area contributed by atoms with Crippen molar-refractivity contribution in [2.45, 2.75) is 0 Å². The molecule has 0 aliphatic heterocycles. The Bertz CT molecular complexity index is 2140. The number of halogens is 1. The van der Waals surface area contributed by atoms with Crippen molar-refractivity contribution in [2.75, 3.05) is 31.8 Å². The Kier molecular flexibility index (Phi) is 6.81. The summed E-state index contributed by atoms with van der Waals surface area (Å²) in [5, 5.41) is 11.6. The van der Waals surface area contributed by atoms with Gasteiger partial charge in [-0.05, 0) is 48.5 Å². The number of aromatic nitrogens is 4. The van der Waals surface area contributed by atoms with Gasteiger partial charge in [0.2, 0.25) is 15.9 Å². The summed E-state index contributed by atoms with van der Waals surface area (Å²) in [5.74, 6) is -0.196. The van der Waals surface area contributed by atoms with Crippen LogP contribution in [0.15, 0.2) is 71.3 Å². The molecule has 0 bridgehead atoms. The number of pyridine rings is 1. The molecule has 0 fully saturated rings. The summed E-state index contributed by atoms with van der Waals surface area (Å²) < 4.78 is 51.6. The van der Waals surface area contributed by atoms with Crippen molar-refractivity contribution in [1.82, 2.24) is 25.5 Å². The van der Waals surface area contributed by atoms with E-state index in [1.807, 2.05) is 12.1 Å². The molecule has 0 aliphatic rings. The topological polar surface area (TPSA) is 143 Å². The smallest absolute Gasteiger partial charge is 0.255 e. The molecule has 218 valence electrons. The molecule has 0 spiro atoms. The van der Waals surface area contributed by atoms with Crippen LogP contribution in [0.4, 0.5) is 10.1 Å². The zero-order valence-electron chi connectivity index (χ0n) is 23.5. The van der Waals surface area contributed by atoms with Gasteiger partial charge in [-0.25, -0.2) is 17.8 Å². The van der Waals surface area contributed by atoms with E-state index in [1.54, 1.807) is 37.6 Å². The fourth-order valence-electron chi connectivity index (χ4n) is 4.84. The molecule has 0 saturated heterocycles. The standard InChI is InChI=1S/C30H25FN6O5S/c1-32-30(38)28-20-12-19(23-11-17(15-33-36-23)22-13-24-21(34-22)9-10-27(35-24)41-3)25(37(2)43(4,39)40)14-26(20)42-29(28)16-5-7-18(31)8-6-16/h5-15,34H,1-4H3,(H,32,38). The molecule has 1 amide bonds. The molecule has 0 unspecified atom stereocenters. The van der Waals surface area contributed by atoms with Crippen LogP contribution in [0.5, 0.6) is 5.88 Å². The molecule has 6 rings (SSSR count). The highest BCUT2D eigenvalue weighted by atomic mass is 32.2. The Balaban J connectivity index is 1.58. The maximum absolute atomic E-state index is 13.7. The van der Waals surface area contributed by atoms with Gasteiger partial charge in [0, 0.05) is 54.0 Å². The van der Waals surface area contributed by atoms with Crippen molar-refractivity contribution >= 4 is 43.6 Å². The Morgan fingerprint density at radius 1 is 1.07 bits per heavy atom. The lowest BCUT2D eigenvalue weighted by Gasteiger charge is -2.20. The molecule has 0 radical (unpaired) electrons. The van der Waals surface area contributed by atoms with E-state index >= 15 is 0 Å². The molecule has 2 N–H and O–H groups in total. The van der Waals surface area contributed by atoms with Crippen LogP contribution in [-0.2, 0) is 10.0 Å². The quantitative estimate of drug-likeness (QED) is 0.261. The number of hydrogen-bond acceptors (Lipinski definition) is 8. The van der Waals surface area contributed by atoms with Crippen LogP contribution in [0, 0.1) is 5.82 Å². The molecule has 4 aromatic heterocycles. The van der Waals surface area contributed by atoms with Gasteiger partial charge in [-0.15, -0.1) is 0 Å². The summed E-state index contributed by atoms with van der Waals surface area (Å²) in [6.07, 6.45) is 2.65. The zero-order chi connectivity index (χ0) is 30.5. The van der Waals surface area contributed by atoms with Crippen molar-refractivity contribution in [3.05, 3.63) is 78.2 Å². The number of furan rings is 1. The summed E-state index contributed by atoms with van der Waals surface area (Å²) >= 11 is 0. The Hall–Kier alpha value is -5.30. The van der Waals surface area contributed by atoms with Crippen molar-refractivity contribution in [2.24, 2.45) is 0 Å². The van der Waals surface area contributed by atoms with E-state index in [4.69, 9.17) is 9.15 Å². The van der Waals surface area contributed by atoms with E-state index in [0.717, 1.165) is 16.1 Å². The van der Waals surface area contributed by atoms with Gasteiger partial charge in [0.05, 0.1) is 47.5 Å². The number of carbonyl (C=O) groups excluding carboxylic acids is 1. The number of H-pyrrole nitrogens is 1. The SMILES string of the molecule is CNC(=O)c1c(-c2ccc(F)cc2)oc2cc(N(C)S(C)(=O)=O)c(-c3cc(-c4cc5nc(OC)ccc5[nH]4)cnn3)cc12. The van der Waals surface area contributed by atoms with Gasteiger partial charge in [-0.1, -0.05) is 0 Å². The monoisotopic (exact) mass is 600 g/mol. The van der Waals surface area contributed by atoms with E-state index in [9.17, 15) is 17.6 Å². The third-order valence-corrected chi connectivity index (χ3v) is 8.30. The van der Waals surface area contributed by atoms with Crippen molar-refractivity contribution < 1.29 is 26.8 Å². The number of sulfonamides is 1. The zero-order valence-corrected chi connectivity index (χ0v) is 24.3. The molecule has 0 aliphatic carbocycles. The number of amides is 1. The minimum absolute atomic E-state index is 0.207. The van der Waals surface area contributed by atoms with Crippen LogP contribution in [0.1, 0.15) is 10.4 Å². The molecule has 43 heavy (non-hydrogen) atoms. The van der Waals surface area contributed by atoms with Crippen molar-refractivity contribution in [3.63, 3.8) is 0 Å². The van der Waals surface area contributed by atoms with E-state index in [2.05, 4.69) is 25.5 Å². The van der Waals surface area contributed by atoms with Crippen LogP contribution in [-0.4, -0.2) is 62.0 Å². The molecule has 0 atom stereocenters. The lowest BCUT2D eigenvalue weighted by atomic mass is 10.00. The molecule has 6 aromatic rings. The van der Waals surface area contributed by atoms with Crippen molar-refractivity contribution in [3.8, 4) is 39.7 Å². The van der Waals surface area contributed by atoms with E-state index in [0.29, 0.717) is 44.9 Å². The van der Waals surface area contributed by atoms with Gasteiger partial charge in [-0.2, -0.15) is 10.2 Å². The fraction of sp³-hybridized carbons (Fsp3) is 0.133. The number of hydrogen-bond donors (Lipinski definition) is 2. The molecule has 13 heteroatoms. The minimum Gasteiger partial charge on any atom is -0.481 e. The number of aromatic amines is 1. The maximum Gasteiger partial charge on any atom is 0.255 e. The predicted molar refractivity (Wildman–Crippen MR) is 161 cm³/mol. The first kappa shape index (κ1) is 27.8. The lowest BCUT2D eigenvalue weighted by Crippen LogP contribution is -2.25. The average Bonchev–Trinajstić information content (AvgIpc) is 3.60. The Morgan fingerprint density at radius 2 is 1.84 bits per heavy atom. The molecule has 11 nitrogen and oxygen atoms in total. The highest BCUT2D eigenvalue weighted by molar-refractivity contribution is 7.92. The first-order valence-corrected chi connectivity index (χ1v) is 14.8. The van der Waals surface area contributed by atoms with Gasteiger partial charge >= 0.3 is 0 Å².